The van der Waals surface area contributed by atoms with Gasteiger partial charge in [-0.3, -0.25) is 0 Å². The molecule has 2 N–H and O–H groups in total. The van der Waals surface area contributed by atoms with Gasteiger partial charge in [0.1, 0.15) is 5.82 Å². The van der Waals surface area contributed by atoms with Crippen LogP contribution in [0.25, 0.3) is 0 Å². The summed E-state index contributed by atoms with van der Waals surface area (Å²) in [6.45, 7) is 1.22. The summed E-state index contributed by atoms with van der Waals surface area (Å²) < 4.78 is 25.6. The van der Waals surface area contributed by atoms with E-state index in [0.717, 1.165) is 12.1 Å². The van der Waals surface area contributed by atoms with Crippen LogP contribution in [0.3, 0.4) is 0 Å². The Bertz CT molecular complexity index is 297. The summed E-state index contributed by atoms with van der Waals surface area (Å²) >= 11 is 0. The predicted octanol–water partition coefficient (Wildman–Crippen LogP) is 1.72. The molecule has 0 bridgehead atoms. The van der Waals surface area contributed by atoms with E-state index in [1.54, 1.807) is 0 Å². The molecule has 1 aromatic rings. The molecule has 2 nitrogen and oxygen atoms in total. The summed E-state index contributed by atoms with van der Waals surface area (Å²) in [6.07, 6.45) is -1.27. The smallest absolute Gasteiger partial charge is 0.173 e. The number of phenolic OH excluding ortho intramolecular Hbond substituents is 1. The highest BCUT2D eigenvalue weighted by atomic mass is 19.1. The fraction of sp³-hybridized carbons (Fsp3) is 0.250. The van der Waals surface area contributed by atoms with Crippen LogP contribution in [0, 0.1) is 11.6 Å². The summed E-state index contributed by atoms with van der Waals surface area (Å²) in [5.74, 6) is -2.63. The number of phenols is 1. The van der Waals surface area contributed by atoms with E-state index in [1.807, 2.05) is 0 Å². The van der Waals surface area contributed by atoms with Crippen LogP contribution >= 0.6 is 0 Å². The van der Waals surface area contributed by atoms with Crippen LogP contribution in [0.2, 0.25) is 0 Å². The Morgan fingerprint density at radius 3 is 2.33 bits per heavy atom. The predicted molar refractivity (Wildman–Crippen MR) is 38.7 cm³/mol. The Labute approximate surface area is 68.1 Å². The van der Waals surface area contributed by atoms with Gasteiger partial charge in [0.05, 0.1) is 11.7 Å². The van der Waals surface area contributed by atoms with E-state index in [0.29, 0.717) is 0 Å². The molecule has 1 rings (SSSR count). The first kappa shape index (κ1) is 8.93. The molecule has 0 aliphatic heterocycles. The second-order valence-corrected chi connectivity index (χ2v) is 2.47. The van der Waals surface area contributed by atoms with E-state index in [-0.39, 0.29) is 0 Å². The first-order valence-electron chi connectivity index (χ1n) is 3.39. The van der Waals surface area contributed by atoms with Crippen molar-refractivity contribution >= 4 is 0 Å². The fourth-order valence-electron chi connectivity index (χ4n) is 0.941. The van der Waals surface area contributed by atoms with E-state index >= 15 is 0 Å². The Hall–Kier alpha value is -1.16. The molecule has 0 fully saturated rings. The molecule has 0 saturated carbocycles. The van der Waals surface area contributed by atoms with Crippen LogP contribution in [0.5, 0.6) is 5.75 Å². The van der Waals surface area contributed by atoms with Crippen molar-refractivity contribution in [2.75, 3.05) is 0 Å². The number of benzene rings is 1. The lowest BCUT2D eigenvalue weighted by atomic mass is 10.1. The number of aliphatic hydroxyl groups excluding tert-OH is 1. The van der Waals surface area contributed by atoms with Crippen molar-refractivity contribution in [1.82, 2.24) is 0 Å². The van der Waals surface area contributed by atoms with Gasteiger partial charge in [0.2, 0.25) is 0 Å². The lowest BCUT2D eigenvalue weighted by molar-refractivity contribution is 0.187. The SMILES string of the molecule is CC(O)c1c(F)ccc(O)c1F. The third-order valence-electron chi connectivity index (χ3n) is 1.52. The molecule has 1 aromatic carbocycles. The molecule has 1 atom stereocenters. The average Bonchev–Trinajstić information content (AvgIpc) is 1.97. The fourth-order valence-corrected chi connectivity index (χ4v) is 0.941. The number of hydrogen-bond acceptors (Lipinski definition) is 2. The minimum Gasteiger partial charge on any atom is -0.505 e. The van der Waals surface area contributed by atoms with Crippen molar-refractivity contribution in [3.8, 4) is 5.75 Å². The van der Waals surface area contributed by atoms with Gasteiger partial charge in [0.25, 0.3) is 0 Å². The molecule has 0 aliphatic carbocycles. The van der Waals surface area contributed by atoms with Crippen LogP contribution in [-0.4, -0.2) is 10.2 Å². The van der Waals surface area contributed by atoms with Crippen molar-refractivity contribution in [1.29, 1.82) is 0 Å². The van der Waals surface area contributed by atoms with Crippen molar-refractivity contribution in [2.24, 2.45) is 0 Å². The van der Waals surface area contributed by atoms with E-state index in [4.69, 9.17) is 10.2 Å². The summed E-state index contributed by atoms with van der Waals surface area (Å²) in [6, 6.07) is 1.80. The third-order valence-corrected chi connectivity index (χ3v) is 1.52. The number of rotatable bonds is 1. The molecule has 0 saturated heterocycles. The van der Waals surface area contributed by atoms with Crippen LogP contribution < -0.4 is 0 Å². The number of aliphatic hydroxyl groups is 1. The van der Waals surface area contributed by atoms with Gasteiger partial charge in [-0.2, -0.15) is 0 Å². The van der Waals surface area contributed by atoms with Crippen LogP contribution in [-0.2, 0) is 0 Å². The topological polar surface area (TPSA) is 40.5 Å². The molecule has 0 heterocycles. The monoisotopic (exact) mass is 174 g/mol. The Morgan fingerprint density at radius 1 is 1.33 bits per heavy atom. The first-order chi connectivity index (χ1) is 5.54. The Morgan fingerprint density at radius 2 is 1.92 bits per heavy atom. The quantitative estimate of drug-likeness (QED) is 0.680. The average molecular weight is 174 g/mol. The van der Waals surface area contributed by atoms with Crippen LogP contribution in [0.1, 0.15) is 18.6 Å². The molecule has 12 heavy (non-hydrogen) atoms. The molecule has 0 spiro atoms. The van der Waals surface area contributed by atoms with Crippen molar-refractivity contribution < 1.29 is 19.0 Å². The maximum Gasteiger partial charge on any atom is 0.173 e. The largest absolute Gasteiger partial charge is 0.505 e. The second-order valence-electron chi connectivity index (χ2n) is 2.47. The van der Waals surface area contributed by atoms with Gasteiger partial charge in [0, 0.05) is 0 Å². The van der Waals surface area contributed by atoms with E-state index in [9.17, 15) is 8.78 Å². The van der Waals surface area contributed by atoms with Crippen molar-refractivity contribution in [3.05, 3.63) is 29.3 Å². The number of aromatic hydroxyl groups is 1. The minimum absolute atomic E-state index is 0.505. The van der Waals surface area contributed by atoms with Crippen molar-refractivity contribution in [3.63, 3.8) is 0 Å². The number of hydrogen-bond donors (Lipinski definition) is 2. The van der Waals surface area contributed by atoms with Gasteiger partial charge >= 0.3 is 0 Å². The normalized spacial score (nSPS) is 13.0. The minimum atomic E-state index is -1.27. The molecule has 4 heteroatoms. The van der Waals surface area contributed by atoms with E-state index in [2.05, 4.69) is 0 Å². The highest BCUT2D eigenvalue weighted by molar-refractivity contribution is 5.32. The lowest BCUT2D eigenvalue weighted by Crippen LogP contribution is -2.00. The molecule has 0 aliphatic rings. The zero-order valence-corrected chi connectivity index (χ0v) is 6.38. The van der Waals surface area contributed by atoms with Crippen molar-refractivity contribution in [2.45, 2.75) is 13.0 Å². The molecule has 66 valence electrons. The first-order valence-corrected chi connectivity index (χ1v) is 3.39. The van der Waals surface area contributed by atoms with Gasteiger partial charge in [-0.05, 0) is 19.1 Å². The summed E-state index contributed by atoms with van der Waals surface area (Å²) in [7, 11) is 0. The maximum absolute atomic E-state index is 12.9. The van der Waals surface area contributed by atoms with Gasteiger partial charge < -0.3 is 10.2 Å². The molecule has 0 radical (unpaired) electrons. The van der Waals surface area contributed by atoms with Gasteiger partial charge in [0.15, 0.2) is 11.6 Å². The van der Waals surface area contributed by atoms with Gasteiger partial charge in [-0.1, -0.05) is 0 Å². The Balaban J connectivity index is 3.33. The highest BCUT2D eigenvalue weighted by Gasteiger charge is 2.16. The van der Waals surface area contributed by atoms with E-state index in [1.165, 1.54) is 6.92 Å². The number of halogens is 2. The summed E-state index contributed by atoms with van der Waals surface area (Å²) in [5.41, 5.74) is -0.505. The molecular weight excluding hydrogens is 166 g/mol. The molecular formula is C8H8F2O2. The summed E-state index contributed by atoms with van der Waals surface area (Å²) in [5, 5.41) is 17.7. The Kier molecular flexibility index (Phi) is 2.28. The maximum atomic E-state index is 12.9. The van der Waals surface area contributed by atoms with E-state index < -0.39 is 29.1 Å². The van der Waals surface area contributed by atoms with Gasteiger partial charge in [-0.15, -0.1) is 0 Å². The molecule has 0 aromatic heterocycles. The zero-order valence-electron chi connectivity index (χ0n) is 6.38. The summed E-state index contributed by atoms with van der Waals surface area (Å²) in [4.78, 5) is 0. The van der Waals surface area contributed by atoms with Crippen LogP contribution in [0.15, 0.2) is 12.1 Å². The third kappa shape index (κ3) is 1.38. The van der Waals surface area contributed by atoms with Gasteiger partial charge in [-0.25, -0.2) is 8.78 Å². The lowest BCUT2D eigenvalue weighted by Gasteiger charge is -2.07. The molecule has 1 unspecified atom stereocenters. The molecule has 0 amide bonds. The van der Waals surface area contributed by atoms with Crippen LogP contribution in [0.4, 0.5) is 8.78 Å². The zero-order chi connectivity index (χ0) is 9.30. The standard InChI is InChI=1S/C8H8F2O2/c1-4(11)7-5(9)2-3-6(12)8(7)10/h2-4,11-12H,1H3. The highest BCUT2D eigenvalue weighted by Crippen LogP contribution is 2.26. The second kappa shape index (κ2) is 3.06.